The van der Waals surface area contributed by atoms with Gasteiger partial charge in [-0.2, -0.15) is 5.10 Å². The second-order valence-electron chi connectivity index (χ2n) is 2.86. The van der Waals surface area contributed by atoms with Crippen molar-refractivity contribution in [1.29, 1.82) is 0 Å². The summed E-state index contributed by atoms with van der Waals surface area (Å²) in [6.45, 7) is 6.05. The number of hydrogen-bond donors (Lipinski definition) is 0. The molecule has 3 nitrogen and oxygen atoms in total. The fourth-order valence-corrected chi connectivity index (χ4v) is 1.57. The van der Waals surface area contributed by atoms with Crippen LogP contribution in [0.25, 0.3) is 4.91 Å². The number of aryl methyl sites for hydroxylation is 1. The Bertz CT molecular complexity index is 328. The smallest absolute Gasteiger partial charge is 0.186 e. The molecular weight excluding hydrogens is 194 g/mol. The van der Waals surface area contributed by atoms with E-state index >= 15 is 0 Å². The lowest BCUT2D eigenvalue weighted by Gasteiger charge is -1.96. The fourth-order valence-electron chi connectivity index (χ4n) is 0.915. The van der Waals surface area contributed by atoms with Crippen LogP contribution in [0.2, 0.25) is 0 Å². The predicted molar refractivity (Wildman–Crippen MR) is 61.9 cm³/mol. The highest BCUT2D eigenvalue weighted by Crippen LogP contribution is 2.21. The SMILES string of the molecule is C=C(SC/C=C/CC)c1ncn(C)n1. The quantitative estimate of drug-likeness (QED) is 0.698. The minimum atomic E-state index is 0.724. The average molecular weight is 209 g/mol. The van der Waals surface area contributed by atoms with Crippen LogP contribution in [0.5, 0.6) is 0 Å². The van der Waals surface area contributed by atoms with Crippen molar-refractivity contribution in [2.45, 2.75) is 13.3 Å². The third kappa shape index (κ3) is 3.38. The van der Waals surface area contributed by atoms with Gasteiger partial charge >= 0.3 is 0 Å². The lowest BCUT2D eigenvalue weighted by Crippen LogP contribution is -1.89. The molecule has 0 N–H and O–H groups in total. The summed E-state index contributed by atoms with van der Waals surface area (Å²) in [5, 5.41) is 4.17. The van der Waals surface area contributed by atoms with Crippen LogP contribution in [0.3, 0.4) is 0 Å². The summed E-state index contributed by atoms with van der Waals surface area (Å²) in [6.07, 6.45) is 7.04. The molecule has 1 heterocycles. The van der Waals surface area contributed by atoms with E-state index in [0.29, 0.717) is 0 Å². The van der Waals surface area contributed by atoms with Crippen molar-refractivity contribution in [3.05, 3.63) is 30.9 Å². The van der Waals surface area contributed by atoms with Crippen LogP contribution in [0.15, 0.2) is 25.1 Å². The van der Waals surface area contributed by atoms with Crippen molar-refractivity contribution in [1.82, 2.24) is 14.8 Å². The van der Waals surface area contributed by atoms with Crippen LogP contribution in [-0.2, 0) is 7.05 Å². The number of hydrogen-bond acceptors (Lipinski definition) is 3. The van der Waals surface area contributed by atoms with Gasteiger partial charge in [0, 0.05) is 17.7 Å². The maximum atomic E-state index is 4.17. The van der Waals surface area contributed by atoms with E-state index in [9.17, 15) is 0 Å². The van der Waals surface area contributed by atoms with Gasteiger partial charge < -0.3 is 0 Å². The van der Waals surface area contributed by atoms with Crippen LogP contribution in [0, 0.1) is 0 Å². The van der Waals surface area contributed by atoms with Gasteiger partial charge in [0.1, 0.15) is 6.33 Å². The number of aromatic nitrogens is 3. The fraction of sp³-hybridized carbons (Fsp3) is 0.400. The lowest BCUT2D eigenvalue weighted by molar-refractivity contribution is 0.763. The topological polar surface area (TPSA) is 30.7 Å². The van der Waals surface area contributed by atoms with E-state index < -0.39 is 0 Å². The third-order valence-electron chi connectivity index (χ3n) is 1.61. The van der Waals surface area contributed by atoms with E-state index in [-0.39, 0.29) is 0 Å². The summed E-state index contributed by atoms with van der Waals surface area (Å²) in [6, 6.07) is 0. The van der Waals surface area contributed by atoms with Crippen molar-refractivity contribution in [2.24, 2.45) is 7.05 Å². The molecule has 0 atom stereocenters. The number of rotatable bonds is 5. The molecule has 0 radical (unpaired) electrons. The molecule has 0 aromatic carbocycles. The summed E-state index contributed by atoms with van der Waals surface area (Å²) < 4.78 is 1.68. The molecule has 1 aromatic heterocycles. The van der Waals surface area contributed by atoms with E-state index in [1.54, 1.807) is 22.8 Å². The molecule has 0 saturated heterocycles. The zero-order chi connectivity index (χ0) is 10.4. The monoisotopic (exact) mass is 209 g/mol. The predicted octanol–water partition coefficient (Wildman–Crippen LogP) is 2.49. The van der Waals surface area contributed by atoms with Gasteiger partial charge in [0.25, 0.3) is 0 Å². The van der Waals surface area contributed by atoms with Gasteiger partial charge in [0.15, 0.2) is 5.82 Å². The van der Waals surface area contributed by atoms with Crippen molar-refractivity contribution >= 4 is 16.7 Å². The van der Waals surface area contributed by atoms with Crippen molar-refractivity contribution in [3.63, 3.8) is 0 Å². The first-order valence-electron chi connectivity index (χ1n) is 4.56. The first-order valence-corrected chi connectivity index (χ1v) is 5.55. The van der Waals surface area contributed by atoms with Crippen LogP contribution < -0.4 is 0 Å². The molecule has 0 saturated carbocycles. The van der Waals surface area contributed by atoms with E-state index in [4.69, 9.17) is 0 Å². The highest BCUT2D eigenvalue weighted by molar-refractivity contribution is 8.08. The molecule has 0 spiro atoms. The first kappa shape index (κ1) is 11.0. The molecule has 0 bridgehead atoms. The van der Waals surface area contributed by atoms with Crippen LogP contribution >= 0.6 is 11.8 Å². The van der Waals surface area contributed by atoms with Gasteiger partial charge in [-0.25, -0.2) is 4.98 Å². The Hall–Kier alpha value is -1.03. The third-order valence-corrected chi connectivity index (χ3v) is 2.50. The van der Waals surface area contributed by atoms with Crippen LogP contribution in [0.1, 0.15) is 19.2 Å². The molecule has 1 aromatic rings. The van der Waals surface area contributed by atoms with Crippen LogP contribution in [-0.4, -0.2) is 20.5 Å². The number of thioether (sulfide) groups is 1. The zero-order valence-electron chi connectivity index (χ0n) is 8.60. The Balaban J connectivity index is 2.39. The number of nitrogens with zero attached hydrogens (tertiary/aromatic N) is 3. The molecule has 0 amide bonds. The molecule has 0 aliphatic rings. The summed E-state index contributed by atoms with van der Waals surface area (Å²) in [7, 11) is 1.85. The van der Waals surface area contributed by atoms with Crippen molar-refractivity contribution in [2.75, 3.05) is 5.75 Å². The largest absolute Gasteiger partial charge is 0.255 e. The molecule has 1 rings (SSSR count). The van der Waals surface area contributed by atoms with Gasteiger partial charge in [-0.05, 0) is 6.42 Å². The average Bonchev–Trinajstić information content (AvgIpc) is 2.59. The van der Waals surface area contributed by atoms with E-state index in [0.717, 1.165) is 22.9 Å². The van der Waals surface area contributed by atoms with Crippen molar-refractivity contribution in [3.8, 4) is 0 Å². The van der Waals surface area contributed by atoms with E-state index in [1.165, 1.54) is 0 Å². The highest BCUT2D eigenvalue weighted by Gasteiger charge is 2.02. The normalized spacial score (nSPS) is 11.0. The molecule has 0 fully saturated rings. The molecule has 0 unspecified atom stereocenters. The van der Waals surface area contributed by atoms with Gasteiger partial charge in [-0.3, -0.25) is 4.68 Å². The minimum absolute atomic E-state index is 0.724. The van der Waals surface area contributed by atoms with Crippen molar-refractivity contribution < 1.29 is 0 Å². The lowest BCUT2D eigenvalue weighted by atomic mass is 10.4. The first-order chi connectivity index (χ1) is 6.74. The standard InChI is InChI=1S/C10H15N3S/c1-4-5-6-7-14-9(2)10-11-8-13(3)12-10/h5-6,8H,2,4,7H2,1,3H3/b6-5+. The molecular formula is C10H15N3S. The van der Waals surface area contributed by atoms with Gasteiger partial charge in [-0.1, -0.05) is 25.7 Å². The summed E-state index contributed by atoms with van der Waals surface area (Å²) in [5.74, 6) is 1.66. The molecule has 14 heavy (non-hydrogen) atoms. The second-order valence-corrected chi connectivity index (χ2v) is 3.97. The van der Waals surface area contributed by atoms with E-state index in [1.807, 2.05) is 7.05 Å². The van der Waals surface area contributed by atoms with Crippen LogP contribution in [0.4, 0.5) is 0 Å². The Morgan fingerprint density at radius 1 is 1.64 bits per heavy atom. The van der Waals surface area contributed by atoms with Gasteiger partial charge in [0.05, 0.1) is 0 Å². The zero-order valence-corrected chi connectivity index (χ0v) is 9.42. The van der Waals surface area contributed by atoms with E-state index in [2.05, 4.69) is 35.7 Å². The summed E-state index contributed by atoms with van der Waals surface area (Å²) in [5.41, 5.74) is 0. The van der Waals surface area contributed by atoms with Gasteiger partial charge in [-0.15, -0.1) is 11.8 Å². The number of allylic oxidation sites excluding steroid dienone is 1. The van der Waals surface area contributed by atoms with Gasteiger partial charge in [0.2, 0.25) is 0 Å². The molecule has 0 aliphatic carbocycles. The maximum Gasteiger partial charge on any atom is 0.186 e. The summed E-state index contributed by atoms with van der Waals surface area (Å²) >= 11 is 1.66. The maximum absolute atomic E-state index is 4.17. The molecule has 76 valence electrons. The highest BCUT2D eigenvalue weighted by atomic mass is 32.2. The molecule has 0 aliphatic heterocycles. The Labute approximate surface area is 88.9 Å². The Morgan fingerprint density at radius 2 is 2.43 bits per heavy atom. The minimum Gasteiger partial charge on any atom is -0.255 e. The Morgan fingerprint density at radius 3 is 3.00 bits per heavy atom. The second kappa shape index (κ2) is 5.65. The molecule has 4 heteroatoms. The summed E-state index contributed by atoms with van der Waals surface area (Å²) in [4.78, 5) is 5.04. The Kier molecular flexibility index (Phi) is 4.46.